The average Bonchev–Trinajstić information content (AvgIpc) is 3.07. The minimum atomic E-state index is -0.606. The second-order valence-electron chi connectivity index (χ2n) is 6.82. The Labute approximate surface area is 161 Å². The number of benzene rings is 1. The molecule has 5 heteroatoms. The van der Waals surface area contributed by atoms with Crippen molar-refractivity contribution < 1.29 is 10.2 Å². The zero-order valence-electron chi connectivity index (χ0n) is 14.4. The van der Waals surface area contributed by atoms with E-state index in [4.69, 9.17) is 12.2 Å². The maximum absolute atomic E-state index is 10.7. The summed E-state index contributed by atoms with van der Waals surface area (Å²) >= 11 is 5.43. The van der Waals surface area contributed by atoms with Crippen LogP contribution in [0.5, 0.6) is 0 Å². The Kier molecular flexibility index (Phi) is 7.20. The van der Waals surface area contributed by atoms with E-state index in [1.54, 1.807) is 12.2 Å². The number of aliphatic hydroxyl groups is 2. The van der Waals surface area contributed by atoms with E-state index in [9.17, 15) is 10.2 Å². The molecule has 3 nitrogen and oxygen atoms in total. The van der Waals surface area contributed by atoms with Gasteiger partial charge >= 0.3 is 0 Å². The van der Waals surface area contributed by atoms with Crippen molar-refractivity contribution in [1.29, 1.82) is 0 Å². The fraction of sp³-hybridized carbons (Fsp3) is 0.450. The van der Waals surface area contributed by atoms with E-state index in [0.717, 1.165) is 31.3 Å². The Bertz CT molecular complexity index is 659. The van der Waals surface area contributed by atoms with Gasteiger partial charge in [-0.3, -0.25) is 0 Å². The zero-order chi connectivity index (χ0) is 17.1. The second kappa shape index (κ2) is 8.95. The molecule has 0 saturated carbocycles. The molecule has 1 fully saturated rings. The Hall–Kier alpha value is -1.20. The minimum Gasteiger partial charge on any atom is -0.512 e. The van der Waals surface area contributed by atoms with Crippen molar-refractivity contribution in [1.82, 2.24) is 5.32 Å². The van der Waals surface area contributed by atoms with Gasteiger partial charge in [0.05, 0.1) is 6.10 Å². The van der Waals surface area contributed by atoms with E-state index in [1.165, 1.54) is 5.56 Å². The van der Waals surface area contributed by atoms with Crippen LogP contribution < -0.4 is 5.32 Å². The van der Waals surface area contributed by atoms with Gasteiger partial charge in [0.2, 0.25) is 0 Å². The van der Waals surface area contributed by atoms with Crippen LogP contribution in [0.3, 0.4) is 0 Å². The topological polar surface area (TPSA) is 52.5 Å². The SMILES string of the molecule is CC1C(=S)C(C(O)C2CCC(CCc3ccccc3)N2)=CC=C1O.Cl. The van der Waals surface area contributed by atoms with Crippen molar-refractivity contribution in [3.05, 3.63) is 59.4 Å². The first-order valence-electron chi connectivity index (χ1n) is 8.69. The number of nitrogens with one attached hydrogen (secondary N) is 1. The van der Waals surface area contributed by atoms with Crippen molar-refractivity contribution in [3.8, 4) is 0 Å². The summed E-state index contributed by atoms with van der Waals surface area (Å²) < 4.78 is 0. The third-order valence-corrected chi connectivity index (χ3v) is 5.74. The van der Waals surface area contributed by atoms with E-state index in [2.05, 4.69) is 29.6 Å². The molecule has 4 atom stereocenters. The maximum Gasteiger partial charge on any atom is 0.100 e. The smallest absolute Gasteiger partial charge is 0.100 e. The van der Waals surface area contributed by atoms with Gasteiger partial charge in [0.1, 0.15) is 5.76 Å². The van der Waals surface area contributed by atoms with Gasteiger partial charge in [-0.05, 0) is 42.9 Å². The first-order valence-corrected chi connectivity index (χ1v) is 9.10. The van der Waals surface area contributed by atoms with Crippen LogP contribution in [0.15, 0.2) is 53.8 Å². The Balaban J connectivity index is 0.00000225. The standard InChI is InChI=1S/C20H25NO2S.ClH/c1-13-18(22)12-10-16(20(13)24)19(23)17-11-9-15(21-17)8-7-14-5-3-2-4-6-14;/h2-6,10,12-13,15,17,19,21-23H,7-9,11H2,1H3;1H. The molecule has 1 saturated heterocycles. The van der Waals surface area contributed by atoms with Crippen LogP contribution in [0.4, 0.5) is 0 Å². The van der Waals surface area contributed by atoms with Crippen LogP contribution >= 0.6 is 24.6 Å². The Morgan fingerprint density at radius 3 is 2.64 bits per heavy atom. The van der Waals surface area contributed by atoms with Crippen molar-refractivity contribution in [2.75, 3.05) is 0 Å². The first kappa shape index (κ1) is 20.1. The molecule has 1 aliphatic carbocycles. The molecular weight excluding hydrogens is 354 g/mol. The molecule has 4 unspecified atom stereocenters. The average molecular weight is 380 g/mol. The molecule has 1 aliphatic heterocycles. The first-order chi connectivity index (χ1) is 11.6. The van der Waals surface area contributed by atoms with Gasteiger partial charge in [-0.2, -0.15) is 0 Å². The van der Waals surface area contributed by atoms with Crippen LogP contribution in [0.25, 0.3) is 0 Å². The van der Waals surface area contributed by atoms with Crippen molar-refractivity contribution >= 4 is 29.5 Å². The van der Waals surface area contributed by atoms with Crippen molar-refractivity contribution in [2.24, 2.45) is 5.92 Å². The van der Waals surface area contributed by atoms with E-state index >= 15 is 0 Å². The van der Waals surface area contributed by atoms with Crippen molar-refractivity contribution in [3.63, 3.8) is 0 Å². The number of aryl methyl sites for hydroxylation is 1. The molecule has 0 amide bonds. The molecule has 0 spiro atoms. The molecular formula is C20H26ClNO2S. The summed E-state index contributed by atoms with van der Waals surface area (Å²) in [7, 11) is 0. The molecule has 0 bridgehead atoms. The van der Waals surface area contributed by atoms with Crippen LogP contribution in [-0.4, -0.2) is 33.3 Å². The van der Waals surface area contributed by atoms with Crippen LogP contribution in [0, 0.1) is 5.92 Å². The number of thiocarbonyl (C=S) groups is 1. The molecule has 0 aromatic heterocycles. The third kappa shape index (κ3) is 4.70. The molecule has 2 aliphatic rings. The van der Waals surface area contributed by atoms with Gasteiger partial charge in [-0.15, -0.1) is 12.4 Å². The molecule has 136 valence electrons. The van der Waals surface area contributed by atoms with Gasteiger partial charge < -0.3 is 15.5 Å². The lowest BCUT2D eigenvalue weighted by Gasteiger charge is -2.27. The lowest BCUT2D eigenvalue weighted by molar-refractivity contribution is 0.172. The largest absolute Gasteiger partial charge is 0.512 e. The normalized spacial score (nSPS) is 27.3. The third-order valence-electron chi connectivity index (χ3n) is 5.16. The second-order valence-corrected chi connectivity index (χ2v) is 7.26. The van der Waals surface area contributed by atoms with Gasteiger partial charge in [0.15, 0.2) is 0 Å². The summed E-state index contributed by atoms with van der Waals surface area (Å²) in [6.07, 6.45) is 6.97. The highest BCUT2D eigenvalue weighted by atomic mass is 35.5. The summed E-state index contributed by atoms with van der Waals surface area (Å²) in [6.45, 7) is 1.87. The summed E-state index contributed by atoms with van der Waals surface area (Å²) in [5, 5.41) is 24.1. The molecule has 1 aromatic carbocycles. The molecule has 25 heavy (non-hydrogen) atoms. The Morgan fingerprint density at radius 1 is 1.20 bits per heavy atom. The number of rotatable bonds is 5. The van der Waals surface area contributed by atoms with Crippen LogP contribution in [0.1, 0.15) is 31.7 Å². The summed E-state index contributed by atoms with van der Waals surface area (Å²) in [4.78, 5) is 0.650. The molecule has 0 radical (unpaired) electrons. The molecule has 1 heterocycles. The number of hydrogen-bond donors (Lipinski definition) is 3. The number of halogens is 1. The van der Waals surface area contributed by atoms with Crippen LogP contribution in [-0.2, 0) is 6.42 Å². The van der Waals surface area contributed by atoms with Gasteiger partial charge in [-0.1, -0.05) is 55.5 Å². The highest BCUT2D eigenvalue weighted by molar-refractivity contribution is 7.81. The number of aliphatic hydroxyl groups excluding tert-OH is 2. The summed E-state index contributed by atoms with van der Waals surface area (Å²) in [5.74, 6) is 0.0843. The Morgan fingerprint density at radius 2 is 1.92 bits per heavy atom. The van der Waals surface area contributed by atoms with E-state index in [-0.39, 0.29) is 30.1 Å². The monoisotopic (exact) mass is 379 g/mol. The van der Waals surface area contributed by atoms with Gasteiger partial charge in [-0.25, -0.2) is 0 Å². The molecule has 3 rings (SSSR count). The van der Waals surface area contributed by atoms with Gasteiger partial charge in [0, 0.05) is 22.9 Å². The summed E-state index contributed by atoms with van der Waals surface area (Å²) in [5.41, 5.74) is 2.13. The molecule has 1 aromatic rings. The zero-order valence-corrected chi connectivity index (χ0v) is 16.0. The lowest BCUT2D eigenvalue weighted by Crippen LogP contribution is -2.42. The summed E-state index contributed by atoms with van der Waals surface area (Å²) in [6, 6.07) is 11.0. The highest BCUT2D eigenvalue weighted by Gasteiger charge is 2.34. The predicted octanol–water partition coefficient (Wildman–Crippen LogP) is 3.91. The lowest BCUT2D eigenvalue weighted by atomic mass is 9.88. The van der Waals surface area contributed by atoms with E-state index in [0.29, 0.717) is 10.9 Å². The predicted molar refractivity (Wildman–Crippen MR) is 109 cm³/mol. The van der Waals surface area contributed by atoms with E-state index < -0.39 is 6.10 Å². The number of hydrogen-bond acceptors (Lipinski definition) is 4. The molecule has 3 N–H and O–H groups in total. The quantitative estimate of drug-likeness (QED) is 0.679. The van der Waals surface area contributed by atoms with E-state index in [1.807, 2.05) is 13.0 Å². The van der Waals surface area contributed by atoms with Gasteiger partial charge in [0.25, 0.3) is 0 Å². The number of allylic oxidation sites excluding steroid dienone is 3. The highest BCUT2D eigenvalue weighted by Crippen LogP contribution is 2.28. The maximum atomic E-state index is 10.7. The van der Waals surface area contributed by atoms with Crippen molar-refractivity contribution in [2.45, 2.75) is 50.8 Å². The minimum absolute atomic E-state index is 0. The fourth-order valence-corrected chi connectivity index (χ4v) is 3.87. The van der Waals surface area contributed by atoms with Crippen LogP contribution in [0.2, 0.25) is 0 Å². The fourth-order valence-electron chi connectivity index (χ4n) is 3.56.